The Kier molecular flexibility index (Phi) is 2.89. The van der Waals surface area contributed by atoms with Gasteiger partial charge in [-0.05, 0) is 37.2 Å². The molecule has 0 amide bonds. The van der Waals surface area contributed by atoms with E-state index in [4.69, 9.17) is 16.6 Å². The second-order valence-electron chi connectivity index (χ2n) is 4.64. The van der Waals surface area contributed by atoms with Crippen molar-refractivity contribution in [2.45, 2.75) is 38.1 Å². The molecular weight excluding hydrogens is 232 g/mol. The van der Waals surface area contributed by atoms with Gasteiger partial charge in [-0.1, -0.05) is 31.4 Å². The van der Waals surface area contributed by atoms with E-state index in [-0.39, 0.29) is 0 Å². The van der Waals surface area contributed by atoms with Crippen LogP contribution in [0.25, 0.3) is 11.1 Å². The first kappa shape index (κ1) is 10.8. The standard InChI is InChI=1S/C13H16N2OS/c17-13-15(14-10-6-2-1-3-7-10)11-8-4-5-9-12(11)16-13/h4-5,8-10,14H,1-3,6-7H2. The van der Waals surface area contributed by atoms with Crippen LogP contribution in [-0.2, 0) is 0 Å². The molecule has 4 heteroatoms. The fraction of sp³-hybridized carbons (Fsp3) is 0.462. The van der Waals surface area contributed by atoms with Crippen LogP contribution in [0.4, 0.5) is 0 Å². The summed E-state index contributed by atoms with van der Waals surface area (Å²) in [6.45, 7) is 0. The van der Waals surface area contributed by atoms with Crippen LogP contribution in [0.15, 0.2) is 28.7 Å². The SMILES string of the molecule is S=c1oc2ccccc2n1NC1CCCCC1. The van der Waals surface area contributed by atoms with Gasteiger partial charge in [0.05, 0.1) is 0 Å². The fourth-order valence-electron chi connectivity index (χ4n) is 2.50. The molecule has 1 heterocycles. The fourth-order valence-corrected chi connectivity index (χ4v) is 2.74. The van der Waals surface area contributed by atoms with Gasteiger partial charge in [0.15, 0.2) is 5.58 Å². The summed E-state index contributed by atoms with van der Waals surface area (Å²) in [4.78, 5) is 0.511. The van der Waals surface area contributed by atoms with Crippen LogP contribution < -0.4 is 5.43 Å². The van der Waals surface area contributed by atoms with E-state index in [1.165, 1.54) is 32.1 Å². The van der Waals surface area contributed by atoms with Crippen LogP contribution in [0.1, 0.15) is 32.1 Å². The van der Waals surface area contributed by atoms with Gasteiger partial charge in [-0.3, -0.25) is 0 Å². The Morgan fingerprint density at radius 3 is 2.76 bits per heavy atom. The van der Waals surface area contributed by atoms with Crippen molar-refractivity contribution in [1.82, 2.24) is 4.68 Å². The monoisotopic (exact) mass is 248 g/mol. The highest BCUT2D eigenvalue weighted by Crippen LogP contribution is 2.21. The van der Waals surface area contributed by atoms with Gasteiger partial charge in [-0.15, -0.1) is 0 Å². The van der Waals surface area contributed by atoms with Crippen molar-refractivity contribution >= 4 is 23.3 Å². The summed E-state index contributed by atoms with van der Waals surface area (Å²) in [5.41, 5.74) is 5.37. The maximum atomic E-state index is 5.56. The molecule has 90 valence electrons. The van der Waals surface area contributed by atoms with Crippen molar-refractivity contribution in [2.75, 3.05) is 5.43 Å². The van der Waals surface area contributed by atoms with Gasteiger partial charge in [0.25, 0.3) is 4.84 Å². The smallest absolute Gasteiger partial charge is 0.288 e. The van der Waals surface area contributed by atoms with Gasteiger partial charge in [-0.25, -0.2) is 4.68 Å². The van der Waals surface area contributed by atoms with Crippen molar-refractivity contribution < 1.29 is 4.42 Å². The normalized spacial score (nSPS) is 17.4. The van der Waals surface area contributed by atoms with Gasteiger partial charge in [0.2, 0.25) is 0 Å². The number of rotatable bonds is 2. The van der Waals surface area contributed by atoms with Crippen LogP contribution in [0.2, 0.25) is 0 Å². The lowest BCUT2D eigenvalue weighted by molar-refractivity contribution is 0.432. The second-order valence-corrected chi connectivity index (χ2v) is 4.98. The van der Waals surface area contributed by atoms with Crippen molar-refractivity contribution in [3.63, 3.8) is 0 Å². The van der Waals surface area contributed by atoms with Crippen LogP contribution in [0.3, 0.4) is 0 Å². The molecule has 1 N–H and O–H groups in total. The number of nitrogens with zero attached hydrogens (tertiary/aromatic N) is 1. The number of hydrogen-bond donors (Lipinski definition) is 1. The molecule has 0 aliphatic heterocycles. The molecule has 17 heavy (non-hydrogen) atoms. The van der Waals surface area contributed by atoms with Crippen molar-refractivity contribution in [3.8, 4) is 0 Å². The van der Waals surface area contributed by atoms with Crippen LogP contribution in [0, 0.1) is 4.84 Å². The highest BCUT2D eigenvalue weighted by molar-refractivity contribution is 7.71. The highest BCUT2D eigenvalue weighted by Gasteiger charge is 2.15. The van der Waals surface area contributed by atoms with Gasteiger partial charge >= 0.3 is 0 Å². The molecule has 1 fully saturated rings. The lowest BCUT2D eigenvalue weighted by atomic mass is 9.96. The number of hydrogen-bond acceptors (Lipinski definition) is 3. The highest BCUT2D eigenvalue weighted by atomic mass is 32.1. The summed E-state index contributed by atoms with van der Waals surface area (Å²) >= 11 is 5.26. The zero-order valence-electron chi connectivity index (χ0n) is 9.69. The predicted molar refractivity (Wildman–Crippen MR) is 71.3 cm³/mol. The minimum atomic E-state index is 0.511. The van der Waals surface area contributed by atoms with Crippen molar-refractivity contribution in [2.24, 2.45) is 0 Å². The maximum Gasteiger partial charge on any atom is 0.288 e. The molecule has 0 bridgehead atoms. The van der Waals surface area contributed by atoms with Crippen molar-refractivity contribution in [1.29, 1.82) is 0 Å². The number of nitrogens with one attached hydrogen (secondary N) is 1. The maximum absolute atomic E-state index is 5.56. The van der Waals surface area contributed by atoms with Gasteiger partial charge in [0.1, 0.15) is 5.52 Å². The van der Waals surface area contributed by atoms with Gasteiger partial charge in [-0.2, -0.15) is 0 Å². The molecule has 1 aliphatic carbocycles. The van der Waals surface area contributed by atoms with E-state index in [2.05, 4.69) is 5.43 Å². The Morgan fingerprint density at radius 1 is 1.18 bits per heavy atom. The van der Waals surface area contributed by atoms with E-state index in [0.717, 1.165) is 11.1 Å². The Hall–Kier alpha value is -1.29. The first-order valence-corrected chi connectivity index (χ1v) is 6.62. The summed E-state index contributed by atoms with van der Waals surface area (Å²) in [6.07, 6.45) is 6.42. The zero-order chi connectivity index (χ0) is 11.7. The van der Waals surface area contributed by atoms with E-state index < -0.39 is 0 Å². The number of para-hydroxylation sites is 2. The van der Waals surface area contributed by atoms with Crippen molar-refractivity contribution in [3.05, 3.63) is 29.1 Å². The number of benzene rings is 1. The summed E-state index contributed by atoms with van der Waals surface area (Å²) in [5, 5.41) is 0. The van der Waals surface area contributed by atoms with E-state index in [9.17, 15) is 0 Å². The predicted octanol–water partition coefficient (Wildman–Crippen LogP) is 3.84. The minimum Gasteiger partial charge on any atom is -0.428 e. The molecule has 0 atom stereocenters. The molecule has 0 spiro atoms. The van der Waals surface area contributed by atoms with E-state index in [0.29, 0.717) is 10.9 Å². The number of aromatic nitrogens is 1. The van der Waals surface area contributed by atoms with Crippen LogP contribution in [-0.4, -0.2) is 10.7 Å². The third kappa shape index (κ3) is 2.09. The van der Waals surface area contributed by atoms with E-state index in [1.54, 1.807) is 0 Å². The third-order valence-electron chi connectivity index (χ3n) is 3.40. The van der Waals surface area contributed by atoms with Gasteiger partial charge in [0, 0.05) is 6.04 Å². The lowest BCUT2D eigenvalue weighted by Gasteiger charge is -2.23. The molecule has 3 nitrogen and oxygen atoms in total. The van der Waals surface area contributed by atoms with Crippen LogP contribution in [0.5, 0.6) is 0 Å². The quantitative estimate of drug-likeness (QED) is 0.819. The molecule has 1 aromatic heterocycles. The molecular formula is C13H16N2OS. The molecule has 0 radical (unpaired) electrons. The first-order chi connectivity index (χ1) is 8.34. The molecule has 1 saturated carbocycles. The van der Waals surface area contributed by atoms with Gasteiger partial charge < -0.3 is 9.84 Å². The van der Waals surface area contributed by atoms with E-state index >= 15 is 0 Å². The average Bonchev–Trinajstić information content (AvgIpc) is 2.68. The summed E-state index contributed by atoms with van der Waals surface area (Å²) < 4.78 is 7.47. The zero-order valence-corrected chi connectivity index (χ0v) is 10.5. The largest absolute Gasteiger partial charge is 0.428 e. The Bertz CT molecular complexity index is 566. The first-order valence-electron chi connectivity index (χ1n) is 6.22. The molecule has 0 unspecified atom stereocenters. The molecule has 1 aliphatic rings. The molecule has 0 saturated heterocycles. The minimum absolute atomic E-state index is 0.511. The van der Waals surface area contributed by atoms with Crippen LogP contribution >= 0.6 is 12.2 Å². The molecule has 2 aromatic rings. The Balaban J connectivity index is 1.93. The summed E-state index contributed by atoms with van der Waals surface area (Å²) in [6, 6.07) is 8.47. The Morgan fingerprint density at radius 2 is 1.94 bits per heavy atom. The average molecular weight is 248 g/mol. The third-order valence-corrected chi connectivity index (χ3v) is 3.67. The molecule has 3 rings (SSSR count). The number of oxazole rings is 1. The lowest BCUT2D eigenvalue weighted by Crippen LogP contribution is -2.29. The van der Waals surface area contributed by atoms with E-state index in [1.807, 2.05) is 28.9 Å². The summed E-state index contributed by atoms with van der Waals surface area (Å²) in [5.74, 6) is 0. The number of fused-ring (bicyclic) bond motifs is 1. The Labute approximate surface area is 105 Å². The topological polar surface area (TPSA) is 30.1 Å². The second kappa shape index (κ2) is 4.53. The molecule has 1 aromatic carbocycles. The summed E-state index contributed by atoms with van der Waals surface area (Å²) in [7, 11) is 0.